The van der Waals surface area contributed by atoms with E-state index >= 15 is 0 Å². The first-order valence-corrected chi connectivity index (χ1v) is 5.51. The zero-order valence-corrected chi connectivity index (χ0v) is 9.28. The molecule has 1 aromatic rings. The number of carboxylic acid groups (broad SMARTS) is 1. The zero-order chi connectivity index (χ0) is 12.0. The molecule has 0 heterocycles. The number of nitrogens with one attached hydrogen (secondary N) is 1. The number of benzene rings is 1. The summed E-state index contributed by atoms with van der Waals surface area (Å²) in [5, 5.41) is 20.5. The van der Waals surface area contributed by atoms with Crippen LogP contribution in [0, 0.1) is 11.5 Å². The maximum atomic E-state index is 10.7. The Morgan fingerprint density at radius 3 is 2.94 bits per heavy atom. The molecule has 1 rings (SSSR count). The molecule has 5 nitrogen and oxygen atoms in total. The molecule has 0 saturated heterocycles. The molecular weight excluding hydrogens is 226 g/mol. The van der Waals surface area contributed by atoms with Gasteiger partial charge in [-0.3, -0.25) is 0 Å². The molecule has 0 atom stereocenters. The van der Waals surface area contributed by atoms with Crippen molar-refractivity contribution < 1.29 is 9.90 Å². The third-order valence-corrected chi connectivity index (χ3v) is 2.29. The Morgan fingerprint density at radius 2 is 2.38 bits per heavy atom. The van der Waals surface area contributed by atoms with Gasteiger partial charge in [0.25, 0.3) is 0 Å². The van der Waals surface area contributed by atoms with Crippen LogP contribution in [0.25, 0.3) is 0 Å². The van der Waals surface area contributed by atoms with E-state index in [2.05, 4.69) is 10.3 Å². The van der Waals surface area contributed by atoms with Gasteiger partial charge in [0.1, 0.15) is 0 Å². The molecule has 0 unspecified atom stereocenters. The lowest BCUT2D eigenvalue weighted by atomic mass is 10.2. The van der Waals surface area contributed by atoms with Crippen molar-refractivity contribution in [2.45, 2.75) is 0 Å². The van der Waals surface area contributed by atoms with E-state index in [1.165, 1.54) is 23.9 Å². The molecule has 0 spiro atoms. The van der Waals surface area contributed by atoms with Gasteiger partial charge < -0.3 is 10.4 Å². The second-order valence-corrected chi connectivity index (χ2v) is 3.53. The number of amidine groups is 1. The Balaban J connectivity index is 2.90. The first-order chi connectivity index (χ1) is 7.67. The molecule has 0 radical (unpaired) electrons. The van der Waals surface area contributed by atoms with E-state index < -0.39 is 5.97 Å². The molecule has 0 amide bonds. The number of nitriles is 1. The van der Waals surface area contributed by atoms with Crippen LogP contribution in [0.3, 0.4) is 0 Å². The molecule has 16 heavy (non-hydrogen) atoms. The Labute approximate surface area is 96.8 Å². The summed E-state index contributed by atoms with van der Waals surface area (Å²) in [6, 6.07) is 6.30. The smallest absolute Gasteiger partial charge is 0.335 e. The summed E-state index contributed by atoms with van der Waals surface area (Å²) in [4.78, 5) is 14.3. The van der Waals surface area contributed by atoms with Crippen LogP contribution < -0.4 is 5.32 Å². The average molecular weight is 235 g/mol. The number of rotatable bonds is 2. The van der Waals surface area contributed by atoms with Crippen LogP contribution in [0.15, 0.2) is 29.3 Å². The Bertz CT molecular complexity index is 465. The van der Waals surface area contributed by atoms with E-state index in [9.17, 15) is 4.79 Å². The minimum Gasteiger partial charge on any atom is -0.478 e. The summed E-state index contributed by atoms with van der Waals surface area (Å²) in [5.74, 6) is -0.994. The van der Waals surface area contributed by atoms with Crippen LogP contribution in [-0.2, 0) is 0 Å². The fraction of sp³-hybridized carbons (Fsp3) is 0.100. The average Bonchev–Trinajstić information content (AvgIpc) is 2.29. The first-order valence-electron chi connectivity index (χ1n) is 4.28. The van der Waals surface area contributed by atoms with Gasteiger partial charge in [-0.1, -0.05) is 17.8 Å². The van der Waals surface area contributed by atoms with Crippen molar-refractivity contribution in [3.05, 3.63) is 29.8 Å². The van der Waals surface area contributed by atoms with Gasteiger partial charge in [0.2, 0.25) is 6.19 Å². The summed E-state index contributed by atoms with van der Waals surface area (Å²) in [6.07, 6.45) is 3.43. The zero-order valence-electron chi connectivity index (χ0n) is 8.47. The Kier molecular flexibility index (Phi) is 4.36. The van der Waals surface area contributed by atoms with Gasteiger partial charge in [-0.05, 0) is 24.5 Å². The van der Waals surface area contributed by atoms with Gasteiger partial charge in [-0.25, -0.2) is 4.79 Å². The molecule has 0 fully saturated rings. The number of aromatic carboxylic acids is 1. The molecule has 0 bridgehead atoms. The van der Waals surface area contributed by atoms with Crippen molar-refractivity contribution in [3.63, 3.8) is 0 Å². The molecule has 1 aromatic carbocycles. The van der Waals surface area contributed by atoms with Gasteiger partial charge in [0.15, 0.2) is 5.17 Å². The van der Waals surface area contributed by atoms with Crippen LogP contribution >= 0.6 is 11.8 Å². The minimum absolute atomic E-state index is 0.183. The Hall–Kier alpha value is -2.00. The highest BCUT2D eigenvalue weighted by Crippen LogP contribution is 2.12. The van der Waals surface area contributed by atoms with Crippen LogP contribution in [0.5, 0.6) is 0 Å². The highest BCUT2D eigenvalue weighted by atomic mass is 32.2. The van der Waals surface area contributed by atoms with Gasteiger partial charge >= 0.3 is 5.97 Å². The van der Waals surface area contributed by atoms with E-state index in [4.69, 9.17) is 10.4 Å². The number of carboxylic acids is 1. The summed E-state index contributed by atoms with van der Waals surface area (Å²) >= 11 is 1.27. The standard InChI is InChI=1S/C10H9N3O2S/c1-16-10(12-6-11)13-8-4-2-3-7(5-8)9(14)15/h2-5H,1H3,(H,12,13)(H,14,15). The molecule has 2 N–H and O–H groups in total. The van der Waals surface area contributed by atoms with Crippen molar-refractivity contribution in [1.29, 1.82) is 5.26 Å². The third-order valence-electron chi connectivity index (χ3n) is 1.71. The molecule has 0 saturated carbocycles. The predicted octanol–water partition coefficient (Wildman–Crippen LogP) is 2.00. The second-order valence-electron chi connectivity index (χ2n) is 2.73. The van der Waals surface area contributed by atoms with E-state index in [0.717, 1.165) is 0 Å². The maximum absolute atomic E-state index is 10.7. The number of aliphatic imine (C=N–C) groups is 1. The molecule has 0 aliphatic heterocycles. The third kappa shape index (κ3) is 3.29. The maximum Gasteiger partial charge on any atom is 0.335 e. The molecule has 0 aliphatic rings. The number of hydrogen-bond acceptors (Lipinski definition) is 4. The summed E-state index contributed by atoms with van der Waals surface area (Å²) < 4.78 is 0. The minimum atomic E-state index is -0.994. The lowest BCUT2D eigenvalue weighted by Crippen LogP contribution is -2.07. The number of thioether (sulfide) groups is 1. The van der Waals surface area contributed by atoms with Gasteiger partial charge in [0, 0.05) is 5.69 Å². The van der Waals surface area contributed by atoms with Crippen LogP contribution in [0.4, 0.5) is 5.69 Å². The fourth-order valence-corrected chi connectivity index (χ4v) is 1.38. The monoisotopic (exact) mass is 235 g/mol. The largest absolute Gasteiger partial charge is 0.478 e. The first kappa shape index (κ1) is 12.1. The second kappa shape index (κ2) is 5.78. The van der Waals surface area contributed by atoms with Crippen molar-refractivity contribution in [2.24, 2.45) is 4.99 Å². The number of carbonyl (C=O) groups is 1. The molecule has 0 aromatic heterocycles. The van der Waals surface area contributed by atoms with Gasteiger partial charge in [0.05, 0.1) is 5.56 Å². The van der Waals surface area contributed by atoms with Crippen molar-refractivity contribution >= 4 is 28.6 Å². The summed E-state index contributed by atoms with van der Waals surface area (Å²) in [7, 11) is 0. The molecule has 0 aliphatic carbocycles. The molecule has 6 heteroatoms. The topological polar surface area (TPSA) is 85.5 Å². The lowest BCUT2D eigenvalue weighted by molar-refractivity contribution is 0.0697. The fourth-order valence-electron chi connectivity index (χ4n) is 1.02. The Morgan fingerprint density at radius 1 is 1.62 bits per heavy atom. The SMILES string of the molecule is CS/C(=N\C#N)Nc1cccc(C(=O)O)c1. The van der Waals surface area contributed by atoms with E-state index in [0.29, 0.717) is 10.9 Å². The summed E-state index contributed by atoms with van der Waals surface area (Å²) in [6.45, 7) is 0. The van der Waals surface area contributed by atoms with E-state index in [1.807, 2.05) is 0 Å². The van der Waals surface area contributed by atoms with E-state index in [-0.39, 0.29) is 5.56 Å². The quantitative estimate of drug-likeness (QED) is 0.465. The van der Waals surface area contributed by atoms with Crippen LogP contribution in [0.2, 0.25) is 0 Å². The van der Waals surface area contributed by atoms with Crippen molar-refractivity contribution in [2.75, 3.05) is 11.6 Å². The number of anilines is 1. The summed E-state index contributed by atoms with van der Waals surface area (Å²) in [5.41, 5.74) is 0.769. The number of hydrogen-bond donors (Lipinski definition) is 2. The van der Waals surface area contributed by atoms with Crippen LogP contribution in [0.1, 0.15) is 10.4 Å². The predicted molar refractivity (Wildman–Crippen MR) is 63.6 cm³/mol. The van der Waals surface area contributed by atoms with Crippen molar-refractivity contribution in [3.8, 4) is 6.19 Å². The molecule has 82 valence electrons. The van der Waals surface area contributed by atoms with E-state index in [1.54, 1.807) is 24.6 Å². The van der Waals surface area contributed by atoms with Crippen molar-refractivity contribution in [1.82, 2.24) is 0 Å². The molecular formula is C10H9N3O2S. The number of nitrogens with zero attached hydrogens (tertiary/aromatic N) is 2. The highest BCUT2D eigenvalue weighted by molar-refractivity contribution is 8.13. The lowest BCUT2D eigenvalue weighted by Gasteiger charge is -2.06. The highest BCUT2D eigenvalue weighted by Gasteiger charge is 2.04. The van der Waals surface area contributed by atoms with Crippen LogP contribution in [-0.4, -0.2) is 22.5 Å². The van der Waals surface area contributed by atoms with Gasteiger partial charge in [-0.15, -0.1) is 4.99 Å². The normalized spacial score (nSPS) is 10.6. The van der Waals surface area contributed by atoms with Gasteiger partial charge in [-0.2, -0.15) is 5.26 Å².